The number of aryl methyl sites for hydroxylation is 2. The Morgan fingerprint density at radius 1 is 1.09 bits per heavy atom. The van der Waals surface area contributed by atoms with Gasteiger partial charge in [-0.2, -0.15) is 0 Å². The normalized spacial score (nSPS) is 10.9. The maximum Gasteiger partial charge on any atom is 0.409 e. The first-order valence-corrected chi connectivity index (χ1v) is 11.5. The second-order valence-electron chi connectivity index (χ2n) is 7.30. The summed E-state index contributed by atoms with van der Waals surface area (Å²) < 4.78 is 7.01. The van der Waals surface area contributed by atoms with Gasteiger partial charge in [-0.05, 0) is 37.6 Å². The first kappa shape index (κ1) is 22.7. The van der Waals surface area contributed by atoms with Crippen molar-refractivity contribution in [2.75, 3.05) is 0 Å². The summed E-state index contributed by atoms with van der Waals surface area (Å²) >= 11 is 7.83. The summed E-state index contributed by atoms with van der Waals surface area (Å²) in [6.45, 7) is 3.87. The molecule has 2 aromatic heterocycles. The van der Waals surface area contributed by atoms with Crippen LogP contribution >= 0.6 is 22.9 Å². The lowest BCUT2D eigenvalue weighted by Gasteiger charge is -2.12. The highest BCUT2D eigenvalue weighted by atomic mass is 35.5. The number of carbonyl (C=O) groups is 2. The van der Waals surface area contributed by atoms with Crippen molar-refractivity contribution in [3.63, 3.8) is 0 Å². The molecule has 0 aliphatic rings. The van der Waals surface area contributed by atoms with Crippen molar-refractivity contribution in [1.29, 1.82) is 0 Å². The van der Waals surface area contributed by atoms with E-state index in [4.69, 9.17) is 22.1 Å². The van der Waals surface area contributed by atoms with Crippen LogP contribution in [0.25, 0.3) is 5.00 Å². The number of benzene rings is 2. The molecule has 2 aromatic carbocycles. The van der Waals surface area contributed by atoms with Gasteiger partial charge in [0.25, 0.3) is 0 Å². The van der Waals surface area contributed by atoms with E-state index in [-0.39, 0.29) is 5.78 Å². The average molecular weight is 481 g/mol. The minimum absolute atomic E-state index is 0.164. The van der Waals surface area contributed by atoms with Gasteiger partial charge in [-0.25, -0.2) is 4.79 Å². The molecule has 33 heavy (non-hydrogen) atoms. The highest BCUT2D eigenvalue weighted by molar-refractivity contribution is 7.15. The Morgan fingerprint density at radius 3 is 2.55 bits per heavy atom. The highest BCUT2D eigenvalue weighted by Gasteiger charge is 2.24. The van der Waals surface area contributed by atoms with Gasteiger partial charge in [0.2, 0.25) is 0 Å². The van der Waals surface area contributed by atoms with Gasteiger partial charge in [0.05, 0.1) is 10.6 Å². The third-order valence-corrected chi connectivity index (χ3v) is 6.70. The zero-order valence-electron chi connectivity index (χ0n) is 18.0. The van der Waals surface area contributed by atoms with Gasteiger partial charge in [0, 0.05) is 22.4 Å². The van der Waals surface area contributed by atoms with Crippen LogP contribution in [0.3, 0.4) is 0 Å². The molecule has 168 valence electrons. The fraction of sp³-hybridized carbons (Fsp3) is 0.167. The van der Waals surface area contributed by atoms with E-state index >= 15 is 0 Å². The smallest absolute Gasteiger partial charge is 0.409 e. The summed E-state index contributed by atoms with van der Waals surface area (Å²) in [5.74, 6) is 1.43. The van der Waals surface area contributed by atoms with Crippen molar-refractivity contribution in [1.82, 2.24) is 14.8 Å². The van der Waals surface area contributed by atoms with Gasteiger partial charge in [0.1, 0.15) is 22.4 Å². The Kier molecular flexibility index (Phi) is 6.57. The lowest BCUT2D eigenvalue weighted by atomic mass is 10.0. The van der Waals surface area contributed by atoms with Crippen LogP contribution in [0.2, 0.25) is 5.02 Å². The van der Waals surface area contributed by atoms with Crippen molar-refractivity contribution >= 4 is 34.8 Å². The summed E-state index contributed by atoms with van der Waals surface area (Å²) in [4.78, 5) is 25.8. The second-order valence-corrected chi connectivity index (χ2v) is 8.82. The lowest BCUT2D eigenvalue weighted by molar-refractivity contribution is 0.103. The number of para-hydroxylation sites is 1. The Morgan fingerprint density at radius 2 is 1.82 bits per heavy atom. The number of nitrogens with zero attached hydrogens (tertiary/aromatic N) is 3. The zero-order valence-corrected chi connectivity index (χ0v) is 19.6. The fourth-order valence-electron chi connectivity index (χ4n) is 3.54. The predicted octanol–water partition coefficient (Wildman–Crippen LogP) is 5.13. The molecule has 4 aromatic rings. The molecule has 0 spiro atoms. The monoisotopic (exact) mass is 480 g/mol. The van der Waals surface area contributed by atoms with Crippen molar-refractivity contribution in [2.24, 2.45) is 5.73 Å². The topological polar surface area (TPSA) is 100 Å². The molecule has 0 bridgehead atoms. The molecule has 0 fully saturated rings. The number of hydrogen-bond acceptors (Lipinski definition) is 6. The van der Waals surface area contributed by atoms with Crippen molar-refractivity contribution in [3.05, 3.63) is 92.8 Å². The van der Waals surface area contributed by atoms with E-state index in [1.807, 2.05) is 36.6 Å². The van der Waals surface area contributed by atoms with Crippen LogP contribution in [0.4, 0.5) is 4.79 Å². The quantitative estimate of drug-likeness (QED) is 0.369. The van der Waals surface area contributed by atoms with E-state index in [2.05, 4.69) is 10.2 Å². The molecule has 4 rings (SSSR count). The molecule has 0 radical (unpaired) electrons. The maximum atomic E-state index is 13.5. The maximum absolute atomic E-state index is 13.5. The van der Waals surface area contributed by atoms with Crippen LogP contribution in [0.1, 0.15) is 44.9 Å². The molecule has 2 heterocycles. The number of halogens is 1. The number of thiophene rings is 1. The standard InChI is InChI=1S/C24H21ClN4O3S/c1-3-16-13-18(22(30)17-9-5-6-10-19(17)25)23(33-16)29-14(2)27-28-21(29)12-15-8-4-7-11-20(15)32-24(26)31/h4-11,13H,3,12H2,1-2H3,(H2,26,31). The molecular weight excluding hydrogens is 460 g/mol. The SMILES string of the molecule is CCc1cc(C(=O)c2ccccc2Cl)c(-n2c(C)nnc2Cc2ccccc2OC(N)=O)s1. The number of aromatic nitrogens is 3. The Hall–Kier alpha value is -3.49. The molecule has 7 nitrogen and oxygen atoms in total. The number of amides is 1. The third-order valence-electron chi connectivity index (χ3n) is 5.10. The molecular formula is C24H21ClN4O3S. The minimum Gasteiger partial charge on any atom is -0.410 e. The van der Waals surface area contributed by atoms with Gasteiger partial charge in [0.15, 0.2) is 5.78 Å². The number of ketones is 1. The first-order valence-electron chi connectivity index (χ1n) is 10.3. The Bertz CT molecular complexity index is 1350. The van der Waals surface area contributed by atoms with E-state index in [0.29, 0.717) is 40.0 Å². The zero-order chi connectivity index (χ0) is 23.5. The van der Waals surface area contributed by atoms with E-state index in [9.17, 15) is 9.59 Å². The molecule has 9 heteroatoms. The summed E-state index contributed by atoms with van der Waals surface area (Å²) in [5, 5.41) is 9.72. The number of rotatable bonds is 7. The van der Waals surface area contributed by atoms with Crippen molar-refractivity contribution in [2.45, 2.75) is 26.7 Å². The second kappa shape index (κ2) is 9.56. The fourth-order valence-corrected chi connectivity index (χ4v) is 4.92. The van der Waals surface area contributed by atoms with E-state index < -0.39 is 6.09 Å². The molecule has 0 saturated heterocycles. The summed E-state index contributed by atoms with van der Waals surface area (Å²) in [6.07, 6.45) is 0.210. The summed E-state index contributed by atoms with van der Waals surface area (Å²) in [5.41, 5.74) is 6.90. The van der Waals surface area contributed by atoms with E-state index in [1.54, 1.807) is 36.4 Å². The largest absolute Gasteiger partial charge is 0.410 e. The summed E-state index contributed by atoms with van der Waals surface area (Å²) in [6, 6.07) is 16.0. The highest BCUT2D eigenvalue weighted by Crippen LogP contribution is 2.33. The van der Waals surface area contributed by atoms with Crippen molar-refractivity contribution in [3.8, 4) is 10.8 Å². The summed E-state index contributed by atoms with van der Waals surface area (Å²) in [7, 11) is 0. The lowest BCUT2D eigenvalue weighted by Crippen LogP contribution is -2.17. The molecule has 0 aliphatic carbocycles. The van der Waals surface area contributed by atoms with Crippen molar-refractivity contribution < 1.29 is 14.3 Å². The Labute approximate surface area is 199 Å². The van der Waals surface area contributed by atoms with Crippen LogP contribution in [-0.2, 0) is 12.8 Å². The number of primary amides is 1. The van der Waals surface area contributed by atoms with Crippen LogP contribution < -0.4 is 10.5 Å². The van der Waals surface area contributed by atoms with Gasteiger partial charge in [-0.3, -0.25) is 9.36 Å². The van der Waals surface area contributed by atoms with E-state index in [0.717, 1.165) is 21.9 Å². The Balaban J connectivity index is 1.80. The number of ether oxygens (including phenoxy) is 1. The first-order chi connectivity index (χ1) is 15.9. The van der Waals surface area contributed by atoms with Crippen LogP contribution in [0.15, 0.2) is 54.6 Å². The number of carbonyl (C=O) groups excluding carboxylic acids is 2. The van der Waals surface area contributed by atoms with Crippen LogP contribution in [0.5, 0.6) is 5.75 Å². The molecule has 2 N–H and O–H groups in total. The molecule has 1 amide bonds. The predicted molar refractivity (Wildman–Crippen MR) is 128 cm³/mol. The molecule has 0 atom stereocenters. The average Bonchev–Trinajstić information content (AvgIpc) is 3.37. The van der Waals surface area contributed by atoms with Gasteiger partial charge in [-0.1, -0.05) is 48.9 Å². The van der Waals surface area contributed by atoms with Crippen LogP contribution in [-0.4, -0.2) is 26.6 Å². The molecule has 0 saturated carbocycles. The van der Waals surface area contributed by atoms with Gasteiger partial charge in [-0.15, -0.1) is 21.5 Å². The third kappa shape index (κ3) is 4.67. The molecule has 0 unspecified atom stereocenters. The molecule has 0 aliphatic heterocycles. The van der Waals surface area contributed by atoms with Crippen LogP contribution in [0, 0.1) is 6.92 Å². The minimum atomic E-state index is -0.890. The van der Waals surface area contributed by atoms with Gasteiger partial charge >= 0.3 is 6.09 Å². The number of hydrogen-bond donors (Lipinski definition) is 1. The van der Waals surface area contributed by atoms with Gasteiger partial charge < -0.3 is 10.5 Å². The number of nitrogens with two attached hydrogens (primary N) is 1. The van der Waals surface area contributed by atoms with E-state index in [1.165, 1.54) is 11.3 Å².